The number of hydrogen-bond acceptors (Lipinski definition) is 4. The van der Waals surface area contributed by atoms with Crippen LogP contribution < -0.4 is 10.8 Å². The standard InChI is InChI=1S/C12H18BIN2O2/c1-9-10(8-16-4-2-15-3-5-16)6-11(13(17)18)7-12(9)14/h6-7,15,17-18H,2-5,8H2,1H3. The van der Waals surface area contributed by atoms with E-state index in [-0.39, 0.29) is 0 Å². The molecule has 0 bridgehead atoms. The fourth-order valence-corrected chi connectivity index (χ4v) is 2.89. The maximum Gasteiger partial charge on any atom is 0.488 e. The number of rotatable bonds is 3. The SMILES string of the molecule is Cc1c(I)cc(B(O)O)cc1CN1CCNCC1. The summed E-state index contributed by atoms with van der Waals surface area (Å²) in [5.74, 6) is 0. The van der Waals surface area contributed by atoms with E-state index in [4.69, 9.17) is 0 Å². The first-order chi connectivity index (χ1) is 8.58. The Kier molecular flexibility index (Phi) is 5.02. The predicted molar refractivity (Wildman–Crippen MR) is 81.9 cm³/mol. The van der Waals surface area contributed by atoms with Gasteiger partial charge < -0.3 is 15.4 Å². The van der Waals surface area contributed by atoms with Crippen molar-refractivity contribution in [1.82, 2.24) is 10.2 Å². The molecule has 4 nitrogen and oxygen atoms in total. The third-order valence-corrected chi connectivity index (χ3v) is 4.50. The average molecular weight is 360 g/mol. The van der Waals surface area contributed by atoms with Gasteiger partial charge in [-0.05, 0) is 52.2 Å². The summed E-state index contributed by atoms with van der Waals surface area (Å²) in [6.45, 7) is 7.11. The van der Waals surface area contributed by atoms with Gasteiger partial charge >= 0.3 is 7.12 Å². The zero-order valence-electron chi connectivity index (χ0n) is 10.5. The van der Waals surface area contributed by atoms with Gasteiger partial charge in [-0.2, -0.15) is 0 Å². The lowest BCUT2D eigenvalue weighted by Gasteiger charge is -2.28. The van der Waals surface area contributed by atoms with Crippen LogP contribution in [0.5, 0.6) is 0 Å². The van der Waals surface area contributed by atoms with Gasteiger partial charge in [0, 0.05) is 36.3 Å². The fourth-order valence-electron chi connectivity index (χ4n) is 2.18. The molecule has 1 aromatic carbocycles. The van der Waals surface area contributed by atoms with Gasteiger partial charge in [0.25, 0.3) is 0 Å². The summed E-state index contributed by atoms with van der Waals surface area (Å²) in [6.07, 6.45) is 0. The van der Waals surface area contributed by atoms with Crippen molar-refractivity contribution in [3.05, 3.63) is 26.8 Å². The molecule has 98 valence electrons. The van der Waals surface area contributed by atoms with Crippen LogP contribution in [0.25, 0.3) is 0 Å². The molecule has 0 saturated carbocycles. The van der Waals surface area contributed by atoms with Gasteiger partial charge in [-0.25, -0.2) is 0 Å². The molecule has 18 heavy (non-hydrogen) atoms. The van der Waals surface area contributed by atoms with Crippen molar-refractivity contribution in [2.24, 2.45) is 0 Å². The molecule has 0 aromatic heterocycles. The van der Waals surface area contributed by atoms with Gasteiger partial charge in [0.15, 0.2) is 0 Å². The monoisotopic (exact) mass is 360 g/mol. The molecular weight excluding hydrogens is 342 g/mol. The maximum absolute atomic E-state index is 9.30. The quantitative estimate of drug-likeness (QED) is 0.511. The second-order valence-corrected chi connectivity index (χ2v) is 5.85. The van der Waals surface area contributed by atoms with Gasteiger partial charge in [-0.1, -0.05) is 6.07 Å². The minimum absolute atomic E-state index is 0.579. The van der Waals surface area contributed by atoms with E-state index in [9.17, 15) is 10.0 Å². The number of nitrogens with one attached hydrogen (secondary N) is 1. The molecule has 0 spiro atoms. The summed E-state index contributed by atoms with van der Waals surface area (Å²) >= 11 is 2.25. The first kappa shape index (κ1) is 14.3. The first-order valence-electron chi connectivity index (χ1n) is 6.16. The van der Waals surface area contributed by atoms with Crippen LogP contribution in [0.2, 0.25) is 0 Å². The highest BCUT2D eigenvalue weighted by molar-refractivity contribution is 14.1. The van der Waals surface area contributed by atoms with Crippen LogP contribution >= 0.6 is 22.6 Å². The van der Waals surface area contributed by atoms with E-state index in [2.05, 4.69) is 39.7 Å². The van der Waals surface area contributed by atoms with Crippen molar-refractivity contribution in [2.45, 2.75) is 13.5 Å². The number of nitrogens with zero attached hydrogens (tertiary/aromatic N) is 1. The highest BCUT2D eigenvalue weighted by Crippen LogP contribution is 2.17. The summed E-state index contributed by atoms with van der Waals surface area (Å²) in [6, 6.07) is 3.74. The lowest BCUT2D eigenvalue weighted by atomic mass is 9.79. The molecular formula is C12H18BIN2O2. The van der Waals surface area contributed by atoms with Crippen LogP contribution in [0.3, 0.4) is 0 Å². The maximum atomic E-state index is 9.30. The molecule has 0 aliphatic carbocycles. The largest absolute Gasteiger partial charge is 0.488 e. The molecule has 0 amide bonds. The Bertz CT molecular complexity index is 423. The van der Waals surface area contributed by atoms with Crippen molar-refractivity contribution in [2.75, 3.05) is 26.2 Å². The average Bonchev–Trinajstić information content (AvgIpc) is 2.35. The molecule has 1 saturated heterocycles. The van der Waals surface area contributed by atoms with E-state index in [1.165, 1.54) is 11.1 Å². The van der Waals surface area contributed by atoms with E-state index < -0.39 is 7.12 Å². The van der Waals surface area contributed by atoms with Gasteiger partial charge in [0.05, 0.1) is 0 Å². The molecule has 0 radical (unpaired) electrons. The van der Waals surface area contributed by atoms with Crippen molar-refractivity contribution < 1.29 is 10.0 Å². The predicted octanol–water partition coefficient (Wildman–Crippen LogP) is -0.315. The molecule has 6 heteroatoms. The minimum Gasteiger partial charge on any atom is -0.423 e. The van der Waals surface area contributed by atoms with Gasteiger partial charge in [-0.3, -0.25) is 4.90 Å². The third kappa shape index (κ3) is 3.45. The molecule has 2 rings (SSSR count). The second kappa shape index (κ2) is 6.34. The van der Waals surface area contributed by atoms with E-state index in [0.717, 1.165) is 36.3 Å². The molecule has 1 aliphatic heterocycles. The molecule has 1 fully saturated rings. The summed E-state index contributed by atoms with van der Waals surface area (Å²) in [7, 11) is -1.39. The lowest BCUT2D eigenvalue weighted by molar-refractivity contribution is 0.233. The third-order valence-electron chi connectivity index (χ3n) is 3.38. The van der Waals surface area contributed by atoms with Crippen LogP contribution in [0.15, 0.2) is 12.1 Å². The number of benzene rings is 1. The smallest absolute Gasteiger partial charge is 0.423 e. The summed E-state index contributed by atoms with van der Waals surface area (Å²) in [5, 5.41) is 21.9. The van der Waals surface area contributed by atoms with Gasteiger partial charge in [-0.15, -0.1) is 0 Å². The van der Waals surface area contributed by atoms with Gasteiger partial charge in [0.2, 0.25) is 0 Å². The Labute approximate surface area is 122 Å². The van der Waals surface area contributed by atoms with Crippen molar-refractivity contribution in [3.63, 3.8) is 0 Å². The van der Waals surface area contributed by atoms with Crippen LogP contribution in [0.4, 0.5) is 0 Å². The van der Waals surface area contributed by atoms with Crippen LogP contribution in [0, 0.1) is 10.5 Å². The van der Waals surface area contributed by atoms with Crippen LogP contribution in [0.1, 0.15) is 11.1 Å². The lowest BCUT2D eigenvalue weighted by Crippen LogP contribution is -2.43. The normalized spacial score (nSPS) is 16.9. The zero-order valence-corrected chi connectivity index (χ0v) is 12.6. The van der Waals surface area contributed by atoms with Crippen molar-refractivity contribution >= 4 is 35.2 Å². The minimum atomic E-state index is -1.39. The second-order valence-electron chi connectivity index (χ2n) is 4.69. The molecule has 3 N–H and O–H groups in total. The summed E-state index contributed by atoms with van der Waals surface area (Å²) in [5.41, 5.74) is 3.00. The summed E-state index contributed by atoms with van der Waals surface area (Å²) in [4.78, 5) is 2.39. The van der Waals surface area contributed by atoms with E-state index in [1.54, 1.807) is 0 Å². The van der Waals surface area contributed by atoms with E-state index in [1.807, 2.05) is 12.1 Å². The highest BCUT2D eigenvalue weighted by Gasteiger charge is 2.17. The van der Waals surface area contributed by atoms with Crippen LogP contribution in [-0.4, -0.2) is 48.2 Å². The Balaban J connectivity index is 2.19. The Hall–Kier alpha value is -0.145. The topological polar surface area (TPSA) is 55.7 Å². The van der Waals surface area contributed by atoms with Gasteiger partial charge in [0.1, 0.15) is 0 Å². The van der Waals surface area contributed by atoms with E-state index >= 15 is 0 Å². The number of hydrogen-bond donors (Lipinski definition) is 3. The highest BCUT2D eigenvalue weighted by atomic mass is 127. The van der Waals surface area contributed by atoms with Crippen molar-refractivity contribution in [1.29, 1.82) is 0 Å². The Morgan fingerprint density at radius 1 is 1.33 bits per heavy atom. The number of halogens is 1. The summed E-state index contributed by atoms with van der Waals surface area (Å²) < 4.78 is 1.09. The fraction of sp³-hybridized carbons (Fsp3) is 0.500. The molecule has 0 atom stereocenters. The zero-order chi connectivity index (χ0) is 13.1. The first-order valence-corrected chi connectivity index (χ1v) is 7.24. The molecule has 0 unspecified atom stereocenters. The number of piperazine rings is 1. The molecule has 1 heterocycles. The molecule has 1 aromatic rings. The van der Waals surface area contributed by atoms with E-state index in [0.29, 0.717) is 5.46 Å². The Morgan fingerprint density at radius 3 is 2.61 bits per heavy atom. The Morgan fingerprint density at radius 2 is 2.00 bits per heavy atom. The van der Waals surface area contributed by atoms with Crippen LogP contribution in [-0.2, 0) is 6.54 Å². The van der Waals surface area contributed by atoms with Crippen molar-refractivity contribution in [3.8, 4) is 0 Å². The molecule has 1 aliphatic rings.